The second-order valence-electron chi connectivity index (χ2n) is 6.73. The first-order valence-electron chi connectivity index (χ1n) is 9.36. The predicted octanol–water partition coefficient (Wildman–Crippen LogP) is 3.72. The van der Waals surface area contributed by atoms with Crippen molar-refractivity contribution in [2.75, 3.05) is 13.1 Å². The van der Waals surface area contributed by atoms with E-state index < -0.39 is 0 Å². The van der Waals surface area contributed by atoms with Crippen molar-refractivity contribution in [3.8, 4) is 0 Å². The molecule has 146 valence electrons. The first-order valence-corrected chi connectivity index (χ1v) is 9.73. The maximum Gasteiger partial charge on any atom is 0.251 e. The van der Waals surface area contributed by atoms with Crippen LogP contribution >= 0.6 is 11.6 Å². The Labute approximate surface area is 170 Å². The number of hydrogen-bond donors (Lipinski definition) is 2. The Morgan fingerprint density at radius 1 is 1.04 bits per heavy atom. The molecular formula is C22H25ClN4O. The van der Waals surface area contributed by atoms with E-state index in [4.69, 9.17) is 11.6 Å². The highest BCUT2D eigenvalue weighted by molar-refractivity contribution is 6.30. The number of nitrogens with zero attached hydrogens (tertiary/aromatic N) is 2. The highest BCUT2D eigenvalue weighted by Crippen LogP contribution is 2.16. The van der Waals surface area contributed by atoms with Crippen LogP contribution in [0.1, 0.15) is 32.9 Å². The average Bonchev–Trinajstić information content (AvgIpc) is 2.97. The van der Waals surface area contributed by atoms with E-state index in [0.29, 0.717) is 18.7 Å². The van der Waals surface area contributed by atoms with E-state index in [9.17, 15) is 4.79 Å². The number of carbonyl (C=O) groups is 1. The number of amides is 1. The molecule has 1 amide bonds. The molecule has 3 aromatic rings. The Balaban J connectivity index is 1.49. The molecule has 1 heterocycles. The van der Waals surface area contributed by atoms with Gasteiger partial charge in [0.2, 0.25) is 0 Å². The smallest absolute Gasteiger partial charge is 0.251 e. The molecule has 0 aliphatic rings. The van der Waals surface area contributed by atoms with Crippen molar-refractivity contribution < 1.29 is 4.79 Å². The van der Waals surface area contributed by atoms with Gasteiger partial charge in [0, 0.05) is 41.5 Å². The van der Waals surface area contributed by atoms with Gasteiger partial charge in [-0.2, -0.15) is 5.10 Å². The summed E-state index contributed by atoms with van der Waals surface area (Å²) in [5.41, 5.74) is 5.21. The van der Waals surface area contributed by atoms with Crippen LogP contribution in [0.3, 0.4) is 0 Å². The van der Waals surface area contributed by atoms with Crippen molar-refractivity contribution in [2.45, 2.75) is 26.9 Å². The van der Waals surface area contributed by atoms with Crippen LogP contribution in [0.25, 0.3) is 0 Å². The fourth-order valence-corrected chi connectivity index (χ4v) is 3.20. The molecule has 0 aliphatic heterocycles. The van der Waals surface area contributed by atoms with Crippen LogP contribution in [-0.2, 0) is 13.1 Å². The van der Waals surface area contributed by atoms with Crippen LogP contribution in [0, 0.1) is 13.8 Å². The number of carbonyl (C=O) groups excluding carboxylic acids is 1. The summed E-state index contributed by atoms with van der Waals surface area (Å²) in [6, 6.07) is 17.1. The van der Waals surface area contributed by atoms with Gasteiger partial charge in [0.05, 0.1) is 12.2 Å². The Bertz CT molecular complexity index is 920. The van der Waals surface area contributed by atoms with Crippen molar-refractivity contribution >= 4 is 17.5 Å². The lowest BCUT2D eigenvalue weighted by molar-refractivity contribution is 0.0954. The number of halogens is 1. The second kappa shape index (κ2) is 9.53. The molecule has 5 nitrogen and oxygen atoms in total. The van der Waals surface area contributed by atoms with Crippen molar-refractivity contribution in [3.63, 3.8) is 0 Å². The summed E-state index contributed by atoms with van der Waals surface area (Å²) in [4.78, 5) is 12.0. The van der Waals surface area contributed by atoms with E-state index in [1.165, 1.54) is 5.56 Å². The summed E-state index contributed by atoms with van der Waals surface area (Å²) in [6.45, 7) is 6.82. The predicted molar refractivity (Wildman–Crippen MR) is 113 cm³/mol. The van der Waals surface area contributed by atoms with E-state index in [1.54, 1.807) is 0 Å². The molecule has 0 bridgehead atoms. The molecule has 0 spiro atoms. The fraction of sp³-hybridized carbons (Fsp3) is 0.273. The maximum absolute atomic E-state index is 12.0. The maximum atomic E-state index is 12.0. The zero-order valence-electron chi connectivity index (χ0n) is 16.2. The molecule has 0 atom stereocenters. The Morgan fingerprint density at radius 3 is 2.46 bits per heavy atom. The van der Waals surface area contributed by atoms with E-state index >= 15 is 0 Å². The number of benzene rings is 2. The highest BCUT2D eigenvalue weighted by atomic mass is 35.5. The molecule has 28 heavy (non-hydrogen) atoms. The number of nitrogens with one attached hydrogen (secondary N) is 2. The van der Waals surface area contributed by atoms with Crippen LogP contribution in [0.5, 0.6) is 0 Å². The molecule has 0 fully saturated rings. The quantitative estimate of drug-likeness (QED) is 0.570. The molecule has 0 saturated heterocycles. The molecule has 0 aliphatic carbocycles. The van der Waals surface area contributed by atoms with Gasteiger partial charge in [0.25, 0.3) is 5.91 Å². The van der Waals surface area contributed by atoms with Crippen LogP contribution in [0.4, 0.5) is 0 Å². The van der Waals surface area contributed by atoms with Gasteiger partial charge in [-0.15, -0.1) is 0 Å². The van der Waals surface area contributed by atoms with Gasteiger partial charge < -0.3 is 10.6 Å². The van der Waals surface area contributed by atoms with Crippen molar-refractivity contribution in [2.24, 2.45) is 0 Å². The lowest BCUT2D eigenvalue weighted by atomic mass is 10.2. The van der Waals surface area contributed by atoms with Crippen molar-refractivity contribution in [1.29, 1.82) is 0 Å². The summed E-state index contributed by atoms with van der Waals surface area (Å²) in [6.07, 6.45) is 0. The first kappa shape index (κ1) is 20.1. The van der Waals surface area contributed by atoms with E-state index in [-0.39, 0.29) is 5.91 Å². The fourth-order valence-electron chi connectivity index (χ4n) is 3.08. The van der Waals surface area contributed by atoms with Gasteiger partial charge in [0.15, 0.2) is 0 Å². The Morgan fingerprint density at radius 2 is 1.75 bits per heavy atom. The molecule has 0 saturated carbocycles. The second-order valence-corrected chi connectivity index (χ2v) is 7.17. The van der Waals surface area contributed by atoms with Crippen LogP contribution in [-0.4, -0.2) is 28.8 Å². The minimum atomic E-state index is -0.0504. The molecule has 0 radical (unpaired) electrons. The monoisotopic (exact) mass is 396 g/mol. The third kappa shape index (κ3) is 5.21. The first-order chi connectivity index (χ1) is 13.5. The number of hydrogen-bond acceptors (Lipinski definition) is 3. The summed E-state index contributed by atoms with van der Waals surface area (Å²) in [7, 11) is 0. The SMILES string of the molecule is Cc1nn(Cc2ccc(Cl)cc2)c(C)c1CNCCNC(=O)c1ccccc1. The standard InChI is InChI=1S/C22H25ClN4O/c1-16-21(14-24-12-13-25-22(28)19-6-4-3-5-7-19)17(2)27(26-16)15-18-8-10-20(23)11-9-18/h3-11,24H,12-15H2,1-2H3,(H,25,28). The molecule has 3 rings (SSSR count). The topological polar surface area (TPSA) is 59.0 Å². The molecule has 2 aromatic carbocycles. The Kier molecular flexibility index (Phi) is 6.85. The van der Waals surface area contributed by atoms with E-state index in [1.807, 2.05) is 66.2 Å². The highest BCUT2D eigenvalue weighted by Gasteiger charge is 2.11. The van der Waals surface area contributed by atoms with E-state index in [0.717, 1.165) is 35.1 Å². The van der Waals surface area contributed by atoms with Gasteiger partial charge in [-0.3, -0.25) is 9.48 Å². The number of aromatic nitrogens is 2. The Hall–Kier alpha value is -2.63. The van der Waals surface area contributed by atoms with Gasteiger partial charge in [-0.25, -0.2) is 0 Å². The van der Waals surface area contributed by atoms with E-state index in [2.05, 4.69) is 22.7 Å². The summed E-state index contributed by atoms with van der Waals surface area (Å²) in [5, 5.41) is 11.7. The van der Waals surface area contributed by atoms with Crippen LogP contribution in [0.2, 0.25) is 5.02 Å². The van der Waals surface area contributed by atoms with Crippen LogP contribution < -0.4 is 10.6 Å². The third-order valence-electron chi connectivity index (χ3n) is 4.70. The normalized spacial score (nSPS) is 10.8. The van der Waals surface area contributed by atoms with Gasteiger partial charge in [-0.05, 0) is 43.7 Å². The molecule has 1 aromatic heterocycles. The summed E-state index contributed by atoms with van der Waals surface area (Å²) >= 11 is 5.96. The molecule has 0 unspecified atom stereocenters. The molecule has 2 N–H and O–H groups in total. The van der Waals surface area contributed by atoms with Crippen LogP contribution in [0.15, 0.2) is 54.6 Å². The lowest BCUT2D eigenvalue weighted by Gasteiger charge is -2.08. The third-order valence-corrected chi connectivity index (χ3v) is 4.95. The van der Waals surface area contributed by atoms with Gasteiger partial charge >= 0.3 is 0 Å². The van der Waals surface area contributed by atoms with Crippen molar-refractivity contribution in [3.05, 3.63) is 87.7 Å². The average molecular weight is 397 g/mol. The van der Waals surface area contributed by atoms with Gasteiger partial charge in [-0.1, -0.05) is 41.9 Å². The zero-order valence-corrected chi connectivity index (χ0v) is 17.0. The lowest BCUT2D eigenvalue weighted by Crippen LogP contribution is -2.31. The van der Waals surface area contributed by atoms with Crippen molar-refractivity contribution in [1.82, 2.24) is 20.4 Å². The molecule has 6 heteroatoms. The molecular weight excluding hydrogens is 372 g/mol. The zero-order chi connectivity index (χ0) is 19.9. The number of rotatable bonds is 8. The minimum Gasteiger partial charge on any atom is -0.351 e. The largest absolute Gasteiger partial charge is 0.351 e. The summed E-state index contributed by atoms with van der Waals surface area (Å²) in [5.74, 6) is -0.0504. The summed E-state index contributed by atoms with van der Waals surface area (Å²) < 4.78 is 2.02. The number of aryl methyl sites for hydroxylation is 1. The minimum absolute atomic E-state index is 0.0504. The van der Waals surface area contributed by atoms with Gasteiger partial charge in [0.1, 0.15) is 0 Å².